The van der Waals surface area contributed by atoms with E-state index in [0.717, 1.165) is 30.0 Å². The predicted molar refractivity (Wildman–Crippen MR) is 82.1 cm³/mol. The van der Waals surface area contributed by atoms with E-state index in [2.05, 4.69) is 14.9 Å². The van der Waals surface area contributed by atoms with Crippen LogP contribution in [0.25, 0.3) is 0 Å². The van der Waals surface area contributed by atoms with Gasteiger partial charge in [0.05, 0.1) is 18.4 Å². The second kappa shape index (κ2) is 6.69. The molecular formula is C16H17ClFN3O. The maximum Gasteiger partial charge on any atom is 0.124 e. The number of rotatable bonds is 3. The van der Waals surface area contributed by atoms with Crippen LogP contribution >= 0.6 is 11.6 Å². The third kappa shape index (κ3) is 3.61. The average molecular weight is 322 g/mol. The number of halogens is 2. The minimum absolute atomic E-state index is 0.148. The molecule has 0 N–H and O–H groups in total. The molecule has 0 aliphatic carbocycles. The van der Waals surface area contributed by atoms with Crippen molar-refractivity contribution < 1.29 is 9.13 Å². The summed E-state index contributed by atoms with van der Waals surface area (Å²) in [6.45, 7) is 4.84. The monoisotopic (exact) mass is 321 g/mol. The first kappa shape index (κ1) is 15.3. The van der Waals surface area contributed by atoms with E-state index in [-0.39, 0.29) is 11.9 Å². The maximum absolute atomic E-state index is 13.2. The van der Waals surface area contributed by atoms with Crippen molar-refractivity contribution in [2.75, 3.05) is 19.7 Å². The van der Waals surface area contributed by atoms with Crippen molar-refractivity contribution in [1.29, 1.82) is 0 Å². The van der Waals surface area contributed by atoms with Crippen LogP contribution in [0.5, 0.6) is 0 Å². The molecule has 1 aromatic carbocycles. The predicted octanol–water partition coefficient (Wildman–Crippen LogP) is 3.15. The van der Waals surface area contributed by atoms with E-state index in [9.17, 15) is 4.39 Å². The Bertz CT molecular complexity index is 668. The minimum atomic E-state index is -0.335. The van der Waals surface area contributed by atoms with Gasteiger partial charge in [0.15, 0.2) is 0 Å². The Morgan fingerprint density at radius 1 is 1.36 bits per heavy atom. The van der Waals surface area contributed by atoms with Gasteiger partial charge in [-0.15, -0.1) is 0 Å². The molecule has 1 fully saturated rings. The molecule has 1 aromatic heterocycles. The van der Waals surface area contributed by atoms with Crippen molar-refractivity contribution in [1.82, 2.24) is 14.9 Å². The lowest BCUT2D eigenvalue weighted by Crippen LogP contribution is -2.38. The molecule has 2 heterocycles. The summed E-state index contributed by atoms with van der Waals surface area (Å²) >= 11 is 6.13. The van der Waals surface area contributed by atoms with Gasteiger partial charge in [0.25, 0.3) is 0 Å². The molecule has 1 aliphatic rings. The van der Waals surface area contributed by atoms with E-state index >= 15 is 0 Å². The van der Waals surface area contributed by atoms with Gasteiger partial charge in [-0.2, -0.15) is 0 Å². The van der Waals surface area contributed by atoms with Crippen LogP contribution in [-0.4, -0.2) is 34.6 Å². The van der Waals surface area contributed by atoms with Crippen LogP contribution < -0.4 is 0 Å². The molecule has 0 saturated carbocycles. The second-order valence-electron chi connectivity index (χ2n) is 5.41. The van der Waals surface area contributed by atoms with Gasteiger partial charge in [0.1, 0.15) is 12.1 Å². The third-order valence-corrected chi connectivity index (χ3v) is 4.03. The van der Waals surface area contributed by atoms with Gasteiger partial charge in [-0.05, 0) is 25.1 Å². The molecule has 6 heteroatoms. The summed E-state index contributed by atoms with van der Waals surface area (Å²) < 4.78 is 19.0. The van der Waals surface area contributed by atoms with Gasteiger partial charge in [0, 0.05) is 35.9 Å². The van der Waals surface area contributed by atoms with Crippen molar-refractivity contribution in [3.05, 3.63) is 58.4 Å². The number of aryl methyl sites for hydroxylation is 1. The molecule has 0 amide bonds. The fraction of sp³-hybridized carbons (Fsp3) is 0.375. The highest BCUT2D eigenvalue weighted by atomic mass is 35.5. The van der Waals surface area contributed by atoms with Crippen LogP contribution in [0.15, 0.2) is 30.6 Å². The highest BCUT2D eigenvalue weighted by Crippen LogP contribution is 2.29. The number of hydrogen-bond donors (Lipinski definition) is 0. The lowest BCUT2D eigenvalue weighted by molar-refractivity contribution is -0.0332. The van der Waals surface area contributed by atoms with Crippen molar-refractivity contribution in [3.63, 3.8) is 0 Å². The van der Waals surface area contributed by atoms with Crippen LogP contribution in [0.4, 0.5) is 4.39 Å². The molecule has 1 atom stereocenters. The molecule has 2 aromatic rings. The van der Waals surface area contributed by atoms with Crippen molar-refractivity contribution in [2.24, 2.45) is 0 Å². The lowest BCUT2D eigenvalue weighted by Gasteiger charge is -2.33. The standard InChI is InChI=1S/C16H17ClFN3O/c1-11-6-13(20-10-19-11)8-21-4-5-22-16(9-21)14-3-2-12(18)7-15(14)17/h2-3,6-7,10,16H,4-5,8-9H2,1H3. The first-order chi connectivity index (χ1) is 10.6. The first-order valence-corrected chi connectivity index (χ1v) is 7.56. The molecule has 116 valence electrons. The number of ether oxygens (including phenoxy) is 1. The van der Waals surface area contributed by atoms with E-state index < -0.39 is 0 Å². The van der Waals surface area contributed by atoms with Crippen molar-refractivity contribution in [2.45, 2.75) is 19.6 Å². The summed E-state index contributed by atoms with van der Waals surface area (Å²) in [6, 6.07) is 6.42. The van der Waals surface area contributed by atoms with E-state index in [1.807, 2.05) is 13.0 Å². The third-order valence-electron chi connectivity index (χ3n) is 3.71. The topological polar surface area (TPSA) is 38.2 Å². The zero-order chi connectivity index (χ0) is 15.5. The van der Waals surface area contributed by atoms with Crippen molar-refractivity contribution in [3.8, 4) is 0 Å². The van der Waals surface area contributed by atoms with Gasteiger partial charge >= 0.3 is 0 Å². The largest absolute Gasteiger partial charge is 0.371 e. The summed E-state index contributed by atoms with van der Waals surface area (Å²) in [7, 11) is 0. The molecule has 22 heavy (non-hydrogen) atoms. The Hall–Kier alpha value is -1.56. The van der Waals surface area contributed by atoms with Gasteiger partial charge < -0.3 is 4.74 Å². The quantitative estimate of drug-likeness (QED) is 0.870. The molecule has 0 bridgehead atoms. The molecule has 0 spiro atoms. The molecule has 3 rings (SSSR count). The van der Waals surface area contributed by atoms with Crippen molar-refractivity contribution >= 4 is 11.6 Å². The summed E-state index contributed by atoms with van der Waals surface area (Å²) in [5.74, 6) is -0.335. The Balaban J connectivity index is 1.71. The SMILES string of the molecule is Cc1cc(CN2CCOC(c3ccc(F)cc3Cl)C2)ncn1. The Morgan fingerprint density at radius 3 is 3.00 bits per heavy atom. The van der Waals surface area contributed by atoms with Gasteiger partial charge in [0.2, 0.25) is 0 Å². The fourth-order valence-corrected chi connectivity index (χ4v) is 2.91. The summed E-state index contributed by atoms with van der Waals surface area (Å²) in [5.41, 5.74) is 2.77. The highest BCUT2D eigenvalue weighted by molar-refractivity contribution is 6.31. The van der Waals surface area contributed by atoms with E-state index in [1.165, 1.54) is 12.1 Å². The summed E-state index contributed by atoms with van der Waals surface area (Å²) in [5, 5.41) is 0.407. The summed E-state index contributed by atoms with van der Waals surface area (Å²) in [6.07, 6.45) is 1.43. The molecular weight excluding hydrogens is 305 g/mol. The zero-order valence-corrected chi connectivity index (χ0v) is 13.1. The average Bonchev–Trinajstić information content (AvgIpc) is 2.47. The van der Waals surface area contributed by atoms with Gasteiger partial charge in [-0.25, -0.2) is 14.4 Å². The second-order valence-corrected chi connectivity index (χ2v) is 5.82. The van der Waals surface area contributed by atoms with Crippen LogP contribution in [0, 0.1) is 12.7 Å². The zero-order valence-electron chi connectivity index (χ0n) is 12.3. The Morgan fingerprint density at radius 2 is 2.23 bits per heavy atom. The molecule has 1 saturated heterocycles. The number of morpholine rings is 1. The normalized spacial score (nSPS) is 19.3. The molecule has 4 nitrogen and oxygen atoms in total. The van der Waals surface area contributed by atoms with E-state index in [1.54, 1.807) is 12.4 Å². The van der Waals surface area contributed by atoms with Gasteiger partial charge in [-0.1, -0.05) is 17.7 Å². The minimum Gasteiger partial charge on any atom is -0.371 e. The maximum atomic E-state index is 13.2. The molecule has 1 aliphatic heterocycles. The number of nitrogens with zero attached hydrogens (tertiary/aromatic N) is 3. The number of hydrogen-bond acceptors (Lipinski definition) is 4. The number of benzene rings is 1. The molecule has 0 radical (unpaired) electrons. The summed E-state index contributed by atoms with van der Waals surface area (Å²) in [4.78, 5) is 10.7. The van der Waals surface area contributed by atoms with Crippen LogP contribution in [0.2, 0.25) is 5.02 Å². The fourth-order valence-electron chi connectivity index (χ4n) is 2.62. The highest BCUT2D eigenvalue weighted by Gasteiger charge is 2.24. The Kier molecular flexibility index (Phi) is 4.66. The Labute approximate surface area is 133 Å². The van der Waals surface area contributed by atoms with E-state index in [0.29, 0.717) is 18.2 Å². The van der Waals surface area contributed by atoms with Crippen LogP contribution in [0.1, 0.15) is 23.1 Å². The smallest absolute Gasteiger partial charge is 0.124 e. The first-order valence-electron chi connectivity index (χ1n) is 7.18. The van der Waals surface area contributed by atoms with E-state index in [4.69, 9.17) is 16.3 Å². The molecule has 1 unspecified atom stereocenters. The number of aromatic nitrogens is 2. The van der Waals surface area contributed by atoms with Crippen LogP contribution in [-0.2, 0) is 11.3 Å². The van der Waals surface area contributed by atoms with Crippen LogP contribution in [0.3, 0.4) is 0 Å². The lowest BCUT2D eigenvalue weighted by atomic mass is 10.1. The van der Waals surface area contributed by atoms with Gasteiger partial charge in [-0.3, -0.25) is 4.90 Å².